The number of aromatic nitrogens is 2. The van der Waals surface area contributed by atoms with Crippen LogP contribution in [0.1, 0.15) is 13.3 Å². The average molecular weight is 177 g/mol. The van der Waals surface area contributed by atoms with Crippen LogP contribution in [0, 0.1) is 11.8 Å². The van der Waals surface area contributed by atoms with Gasteiger partial charge in [0.1, 0.15) is 0 Å². The molecule has 68 valence electrons. The molecule has 4 heteroatoms. The quantitative estimate of drug-likeness (QED) is 0.735. The Bertz CT molecular complexity index is 312. The number of nitrogens with one attached hydrogen (secondary N) is 1. The lowest BCUT2D eigenvalue weighted by Gasteiger charge is -2.00. The molecule has 0 spiro atoms. The van der Waals surface area contributed by atoms with E-state index in [1.54, 1.807) is 18.5 Å². The van der Waals surface area contributed by atoms with E-state index < -0.39 is 0 Å². The lowest BCUT2D eigenvalue weighted by molar-refractivity contribution is -0.117. The van der Waals surface area contributed by atoms with Gasteiger partial charge < -0.3 is 0 Å². The van der Waals surface area contributed by atoms with Crippen LogP contribution in [0.2, 0.25) is 0 Å². The van der Waals surface area contributed by atoms with E-state index in [1.165, 1.54) is 0 Å². The van der Waals surface area contributed by atoms with Crippen molar-refractivity contribution in [1.82, 2.24) is 9.97 Å². The standard InChI is InChI=1S/C9H11N3O/c1-6-5-7(6)8(13)12-9-10-3-2-4-11-9/h2-4,6-7H,5H2,1H3,(H,10,11,12,13). The predicted molar refractivity (Wildman–Crippen MR) is 47.9 cm³/mol. The Kier molecular flexibility index (Phi) is 1.96. The number of nitrogens with zero attached hydrogens (tertiary/aromatic N) is 2. The molecule has 1 aliphatic carbocycles. The zero-order valence-electron chi connectivity index (χ0n) is 7.40. The van der Waals surface area contributed by atoms with Crippen LogP contribution >= 0.6 is 0 Å². The van der Waals surface area contributed by atoms with Gasteiger partial charge in [-0.25, -0.2) is 9.97 Å². The van der Waals surface area contributed by atoms with Crippen LogP contribution in [0.4, 0.5) is 5.95 Å². The summed E-state index contributed by atoms with van der Waals surface area (Å²) in [7, 11) is 0. The SMILES string of the molecule is CC1CC1C(=O)Nc1ncccn1. The monoisotopic (exact) mass is 177 g/mol. The summed E-state index contributed by atoms with van der Waals surface area (Å²) in [5.74, 6) is 1.12. The molecule has 1 heterocycles. The van der Waals surface area contributed by atoms with Crippen molar-refractivity contribution in [3.05, 3.63) is 18.5 Å². The first-order valence-electron chi connectivity index (χ1n) is 4.35. The predicted octanol–water partition coefficient (Wildman–Crippen LogP) is 1.07. The zero-order chi connectivity index (χ0) is 9.26. The molecule has 1 aliphatic rings. The van der Waals surface area contributed by atoms with E-state index in [-0.39, 0.29) is 11.8 Å². The summed E-state index contributed by atoms with van der Waals surface area (Å²) in [6, 6.07) is 1.72. The topological polar surface area (TPSA) is 54.9 Å². The van der Waals surface area contributed by atoms with Crippen LogP contribution in [0.15, 0.2) is 18.5 Å². The Labute approximate surface area is 76.4 Å². The first kappa shape index (κ1) is 8.16. The van der Waals surface area contributed by atoms with E-state index in [0.717, 1.165) is 6.42 Å². The van der Waals surface area contributed by atoms with Crippen molar-refractivity contribution in [3.63, 3.8) is 0 Å². The summed E-state index contributed by atoms with van der Waals surface area (Å²) in [5.41, 5.74) is 0. The minimum Gasteiger partial charge on any atom is -0.294 e. The van der Waals surface area contributed by atoms with Gasteiger partial charge in [-0.2, -0.15) is 0 Å². The molecule has 1 fully saturated rings. The van der Waals surface area contributed by atoms with E-state index in [0.29, 0.717) is 11.9 Å². The Balaban J connectivity index is 1.95. The fourth-order valence-electron chi connectivity index (χ4n) is 1.25. The molecule has 0 radical (unpaired) electrons. The lowest BCUT2D eigenvalue weighted by atomic mass is 10.3. The second-order valence-corrected chi connectivity index (χ2v) is 3.38. The smallest absolute Gasteiger partial charge is 0.230 e. The minimum absolute atomic E-state index is 0.0405. The highest BCUT2D eigenvalue weighted by Gasteiger charge is 2.39. The van der Waals surface area contributed by atoms with Gasteiger partial charge in [-0.05, 0) is 18.4 Å². The molecule has 1 amide bonds. The number of anilines is 1. The van der Waals surface area contributed by atoms with E-state index >= 15 is 0 Å². The van der Waals surface area contributed by atoms with Gasteiger partial charge in [0.15, 0.2) is 0 Å². The molecule has 4 nitrogen and oxygen atoms in total. The summed E-state index contributed by atoms with van der Waals surface area (Å²) in [6.45, 7) is 2.07. The molecule has 2 rings (SSSR count). The van der Waals surface area contributed by atoms with Gasteiger partial charge in [0.2, 0.25) is 11.9 Å². The summed E-state index contributed by atoms with van der Waals surface area (Å²) in [6.07, 6.45) is 4.20. The molecule has 2 atom stereocenters. The van der Waals surface area contributed by atoms with Gasteiger partial charge in [0, 0.05) is 18.3 Å². The van der Waals surface area contributed by atoms with E-state index in [2.05, 4.69) is 22.2 Å². The maximum Gasteiger partial charge on any atom is 0.230 e. The van der Waals surface area contributed by atoms with Gasteiger partial charge in [-0.1, -0.05) is 6.92 Å². The van der Waals surface area contributed by atoms with Crippen molar-refractivity contribution in [2.45, 2.75) is 13.3 Å². The molecule has 1 aromatic rings. The van der Waals surface area contributed by atoms with Crippen LogP contribution in [0.5, 0.6) is 0 Å². The van der Waals surface area contributed by atoms with Crippen molar-refractivity contribution < 1.29 is 4.79 Å². The van der Waals surface area contributed by atoms with Gasteiger partial charge in [0.05, 0.1) is 0 Å². The number of carbonyl (C=O) groups excluding carboxylic acids is 1. The largest absolute Gasteiger partial charge is 0.294 e. The first-order chi connectivity index (χ1) is 6.27. The Morgan fingerprint density at radius 1 is 1.54 bits per heavy atom. The van der Waals surface area contributed by atoms with Crippen molar-refractivity contribution in [3.8, 4) is 0 Å². The summed E-state index contributed by atoms with van der Waals surface area (Å²) < 4.78 is 0. The lowest BCUT2D eigenvalue weighted by Crippen LogP contribution is -2.16. The first-order valence-corrected chi connectivity index (χ1v) is 4.35. The van der Waals surface area contributed by atoms with Gasteiger partial charge in [-0.3, -0.25) is 10.1 Å². The Morgan fingerprint density at radius 3 is 2.69 bits per heavy atom. The van der Waals surface area contributed by atoms with E-state index in [9.17, 15) is 4.79 Å². The van der Waals surface area contributed by atoms with E-state index in [4.69, 9.17) is 0 Å². The third-order valence-corrected chi connectivity index (χ3v) is 2.25. The third kappa shape index (κ3) is 1.83. The van der Waals surface area contributed by atoms with Crippen LogP contribution in [-0.2, 0) is 4.79 Å². The number of carbonyl (C=O) groups is 1. The highest BCUT2D eigenvalue weighted by atomic mass is 16.2. The molecule has 0 aliphatic heterocycles. The Morgan fingerprint density at radius 2 is 2.15 bits per heavy atom. The second kappa shape index (κ2) is 3.12. The molecule has 2 unspecified atom stereocenters. The molecule has 1 N–H and O–H groups in total. The molecule has 1 aromatic heterocycles. The van der Waals surface area contributed by atoms with Gasteiger partial charge >= 0.3 is 0 Å². The van der Waals surface area contributed by atoms with Gasteiger partial charge in [0.25, 0.3) is 0 Å². The highest BCUT2D eigenvalue weighted by Crippen LogP contribution is 2.38. The third-order valence-electron chi connectivity index (χ3n) is 2.25. The minimum atomic E-state index is 0.0405. The summed E-state index contributed by atoms with van der Waals surface area (Å²) in [4.78, 5) is 19.2. The van der Waals surface area contributed by atoms with Crippen LogP contribution in [0.3, 0.4) is 0 Å². The fraction of sp³-hybridized carbons (Fsp3) is 0.444. The molecular formula is C9H11N3O. The van der Waals surface area contributed by atoms with Crippen molar-refractivity contribution in [2.24, 2.45) is 11.8 Å². The number of hydrogen-bond donors (Lipinski definition) is 1. The fourth-order valence-corrected chi connectivity index (χ4v) is 1.25. The Hall–Kier alpha value is -1.45. The van der Waals surface area contributed by atoms with Crippen molar-refractivity contribution in [1.29, 1.82) is 0 Å². The van der Waals surface area contributed by atoms with Crippen LogP contribution < -0.4 is 5.32 Å². The van der Waals surface area contributed by atoms with E-state index in [1.807, 2.05) is 0 Å². The number of rotatable bonds is 2. The normalized spacial score (nSPS) is 25.3. The maximum absolute atomic E-state index is 11.4. The average Bonchev–Trinajstić information content (AvgIpc) is 2.84. The maximum atomic E-state index is 11.4. The van der Waals surface area contributed by atoms with Crippen molar-refractivity contribution >= 4 is 11.9 Å². The van der Waals surface area contributed by atoms with Crippen LogP contribution in [0.25, 0.3) is 0 Å². The summed E-state index contributed by atoms with van der Waals surface area (Å²) >= 11 is 0. The number of hydrogen-bond acceptors (Lipinski definition) is 3. The summed E-state index contributed by atoms with van der Waals surface area (Å²) in [5, 5.41) is 2.67. The molecule has 13 heavy (non-hydrogen) atoms. The second-order valence-electron chi connectivity index (χ2n) is 3.38. The molecule has 0 bridgehead atoms. The highest BCUT2D eigenvalue weighted by molar-refractivity contribution is 5.92. The zero-order valence-corrected chi connectivity index (χ0v) is 7.40. The van der Waals surface area contributed by atoms with Crippen molar-refractivity contribution in [2.75, 3.05) is 5.32 Å². The van der Waals surface area contributed by atoms with Crippen LogP contribution in [-0.4, -0.2) is 15.9 Å². The molecular weight excluding hydrogens is 166 g/mol. The molecule has 0 saturated heterocycles. The number of amides is 1. The molecule has 1 saturated carbocycles. The molecule has 0 aromatic carbocycles. The van der Waals surface area contributed by atoms with Gasteiger partial charge in [-0.15, -0.1) is 0 Å².